The average molecular weight is 382 g/mol. The van der Waals surface area contributed by atoms with Crippen molar-refractivity contribution in [2.45, 2.75) is 26.2 Å². The van der Waals surface area contributed by atoms with Crippen LogP contribution in [0.3, 0.4) is 0 Å². The summed E-state index contributed by atoms with van der Waals surface area (Å²) in [6.07, 6.45) is 3.04. The van der Waals surface area contributed by atoms with Crippen LogP contribution in [0.1, 0.15) is 29.2 Å². The molecule has 4 heteroatoms. The summed E-state index contributed by atoms with van der Waals surface area (Å²) in [6.45, 7) is 1.95. The maximum atomic E-state index is 15.1. The fourth-order valence-electron chi connectivity index (χ4n) is 3.72. The van der Waals surface area contributed by atoms with E-state index in [1.165, 1.54) is 36.4 Å². The molecule has 0 saturated carbocycles. The number of fused-ring (bicyclic) bond motifs is 1. The summed E-state index contributed by atoms with van der Waals surface area (Å²) in [5.74, 6) is -2.13. The molecule has 0 nitrogen and oxygen atoms in total. The molecule has 0 saturated heterocycles. The molecular weight excluding hydrogens is 364 g/mol. The molecule has 0 N–H and O–H groups in total. The van der Waals surface area contributed by atoms with Gasteiger partial charge in [-0.2, -0.15) is 0 Å². The second-order valence-corrected chi connectivity index (χ2v) is 6.97. The zero-order chi connectivity index (χ0) is 19.8. The molecule has 3 aromatic carbocycles. The lowest BCUT2D eigenvalue weighted by atomic mass is 9.85. The molecule has 0 aromatic heterocycles. The first-order valence-electron chi connectivity index (χ1n) is 9.21. The van der Waals surface area contributed by atoms with Gasteiger partial charge < -0.3 is 0 Å². The molecule has 0 fully saturated rings. The van der Waals surface area contributed by atoms with Crippen LogP contribution in [-0.4, -0.2) is 0 Å². The molecule has 0 aliphatic heterocycles. The minimum absolute atomic E-state index is 0.158. The molecule has 142 valence electrons. The van der Waals surface area contributed by atoms with E-state index in [0.29, 0.717) is 16.7 Å². The Labute approximate surface area is 161 Å². The third kappa shape index (κ3) is 3.24. The standard InChI is InChI=1S/C24H18F4/c1-2-14-3-9-19(21(26)11-14)16-6-10-20-17(12-16)13-22(27)23(24(20)28)15-4-7-18(25)8-5-15/h3-9,11,13H,2,10,12H2,1H3. The van der Waals surface area contributed by atoms with E-state index in [0.717, 1.165) is 17.6 Å². The third-order valence-corrected chi connectivity index (χ3v) is 5.27. The van der Waals surface area contributed by atoms with Crippen LogP contribution in [0.25, 0.3) is 16.7 Å². The summed E-state index contributed by atoms with van der Waals surface area (Å²) >= 11 is 0. The van der Waals surface area contributed by atoms with Gasteiger partial charge in [0.05, 0.1) is 5.56 Å². The highest BCUT2D eigenvalue weighted by atomic mass is 19.1. The Morgan fingerprint density at radius 2 is 1.61 bits per heavy atom. The van der Waals surface area contributed by atoms with E-state index >= 15 is 4.39 Å². The van der Waals surface area contributed by atoms with Crippen molar-refractivity contribution in [3.63, 3.8) is 0 Å². The Morgan fingerprint density at radius 1 is 0.857 bits per heavy atom. The highest BCUT2D eigenvalue weighted by Crippen LogP contribution is 2.36. The van der Waals surface area contributed by atoms with E-state index in [2.05, 4.69) is 0 Å². The predicted molar refractivity (Wildman–Crippen MR) is 103 cm³/mol. The van der Waals surface area contributed by atoms with Crippen LogP contribution >= 0.6 is 0 Å². The first kappa shape index (κ1) is 18.5. The molecule has 0 atom stereocenters. The lowest BCUT2D eigenvalue weighted by molar-refractivity contribution is 0.576. The predicted octanol–water partition coefficient (Wildman–Crippen LogP) is 6.65. The highest BCUT2D eigenvalue weighted by molar-refractivity contribution is 5.74. The van der Waals surface area contributed by atoms with Gasteiger partial charge in [-0.25, -0.2) is 17.6 Å². The normalized spacial score (nSPS) is 13.2. The van der Waals surface area contributed by atoms with Gasteiger partial charge in [0.2, 0.25) is 0 Å². The molecule has 0 unspecified atom stereocenters. The van der Waals surface area contributed by atoms with Crippen molar-refractivity contribution in [2.24, 2.45) is 0 Å². The van der Waals surface area contributed by atoms with Crippen LogP contribution < -0.4 is 0 Å². The van der Waals surface area contributed by atoms with Crippen molar-refractivity contribution in [1.82, 2.24) is 0 Å². The number of aryl methyl sites for hydroxylation is 1. The monoisotopic (exact) mass is 382 g/mol. The quantitative estimate of drug-likeness (QED) is 0.445. The highest BCUT2D eigenvalue weighted by Gasteiger charge is 2.23. The Morgan fingerprint density at radius 3 is 2.29 bits per heavy atom. The van der Waals surface area contributed by atoms with Crippen LogP contribution in [0.5, 0.6) is 0 Å². The van der Waals surface area contributed by atoms with Gasteiger partial charge in [-0.1, -0.05) is 37.3 Å². The molecule has 3 aromatic rings. The van der Waals surface area contributed by atoms with Crippen molar-refractivity contribution < 1.29 is 17.6 Å². The number of halogens is 4. The smallest absolute Gasteiger partial charge is 0.137 e. The Bertz CT molecular complexity index is 1080. The molecule has 0 amide bonds. The number of hydrogen-bond donors (Lipinski definition) is 0. The topological polar surface area (TPSA) is 0 Å². The SMILES string of the molecule is CCc1ccc(C2=CCc3c(cc(F)c(-c4ccc(F)cc4)c3F)C2)c(F)c1. The summed E-state index contributed by atoms with van der Waals surface area (Å²) in [5, 5.41) is 0. The maximum Gasteiger partial charge on any atom is 0.137 e. The molecule has 1 aliphatic rings. The van der Waals surface area contributed by atoms with E-state index in [1.54, 1.807) is 12.1 Å². The van der Waals surface area contributed by atoms with E-state index in [-0.39, 0.29) is 29.8 Å². The zero-order valence-corrected chi connectivity index (χ0v) is 15.3. The summed E-state index contributed by atoms with van der Waals surface area (Å²) in [6, 6.07) is 11.5. The van der Waals surface area contributed by atoms with Gasteiger partial charge in [0, 0.05) is 5.56 Å². The number of rotatable bonds is 3. The number of benzene rings is 3. The van der Waals surface area contributed by atoms with Crippen molar-refractivity contribution in [1.29, 1.82) is 0 Å². The van der Waals surface area contributed by atoms with Crippen molar-refractivity contribution >= 4 is 5.57 Å². The molecule has 0 radical (unpaired) electrons. The number of allylic oxidation sites excluding steroid dienone is 2. The maximum absolute atomic E-state index is 15.1. The van der Waals surface area contributed by atoms with Crippen molar-refractivity contribution in [3.8, 4) is 11.1 Å². The van der Waals surface area contributed by atoms with Gasteiger partial charge in [-0.3, -0.25) is 0 Å². The number of hydrogen-bond acceptors (Lipinski definition) is 0. The first-order chi connectivity index (χ1) is 13.5. The van der Waals surface area contributed by atoms with E-state index in [9.17, 15) is 13.2 Å². The third-order valence-electron chi connectivity index (χ3n) is 5.27. The summed E-state index contributed by atoms with van der Waals surface area (Å²) in [5.41, 5.74) is 3.13. The largest absolute Gasteiger partial charge is 0.207 e. The van der Waals surface area contributed by atoms with E-state index in [4.69, 9.17) is 0 Å². The summed E-state index contributed by atoms with van der Waals surface area (Å²) in [4.78, 5) is 0. The van der Waals surface area contributed by atoms with E-state index < -0.39 is 17.5 Å². The molecule has 1 aliphatic carbocycles. The lowest BCUT2D eigenvalue weighted by Gasteiger charge is -2.21. The fourth-order valence-corrected chi connectivity index (χ4v) is 3.72. The van der Waals surface area contributed by atoms with Crippen LogP contribution in [0.4, 0.5) is 17.6 Å². The molecule has 0 spiro atoms. The molecule has 0 heterocycles. The fraction of sp³-hybridized carbons (Fsp3) is 0.167. The van der Waals surface area contributed by atoms with Crippen LogP contribution in [0, 0.1) is 23.3 Å². The van der Waals surface area contributed by atoms with Crippen LogP contribution in [0.15, 0.2) is 54.6 Å². The van der Waals surface area contributed by atoms with Crippen molar-refractivity contribution in [2.75, 3.05) is 0 Å². The molecule has 0 bridgehead atoms. The van der Waals surface area contributed by atoms with Crippen LogP contribution in [0.2, 0.25) is 0 Å². The van der Waals surface area contributed by atoms with Crippen molar-refractivity contribution in [3.05, 3.63) is 100 Å². The Balaban J connectivity index is 1.73. The van der Waals surface area contributed by atoms with Gasteiger partial charge in [0.25, 0.3) is 0 Å². The van der Waals surface area contributed by atoms with Crippen LogP contribution in [-0.2, 0) is 19.3 Å². The van der Waals surface area contributed by atoms with E-state index in [1.807, 2.05) is 13.0 Å². The van der Waals surface area contributed by atoms with Gasteiger partial charge in [0.15, 0.2) is 0 Å². The summed E-state index contributed by atoms with van der Waals surface area (Å²) < 4.78 is 57.4. The van der Waals surface area contributed by atoms with Gasteiger partial charge in [0.1, 0.15) is 23.3 Å². The zero-order valence-electron chi connectivity index (χ0n) is 15.3. The minimum atomic E-state index is -0.703. The second-order valence-electron chi connectivity index (χ2n) is 6.97. The Kier molecular flexibility index (Phi) is 4.80. The van der Waals surface area contributed by atoms with Gasteiger partial charge >= 0.3 is 0 Å². The molecule has 4 rings (SSSR count). The summed E-state index contributed by atoms with van der Waals surface area (Å²) in [7, 11) is 0. The molecular formula is C24H18F4. The van der Waals surface area contributed by atoms with Gasteiger partial charge in [-0.15, -0.1) is 0 Å². The average Bonchev–Trinajstić information content (AvgIpc) is 2.69. The van der Waals surface area contributed by atoms with Gasteiger partial charge in [-0.05, 0) is 71.4 Å². The molecule has 28 heavy (non-hydrogen) atoms. The Hall–Kier alpha value is -2.88. The second kappa shape index (κ2) is 7.27. The first-order valence-corrected chi connectivity index (χ1v) is 9.21. The minimum Gasteiger partial charge on any atom is -0.207 e. The lowest BCUT2D eigenvalue weighted by Crippen LogP contribution is -2.09.